The van der Waals surface area contributed by atoms with Gasteiger partial charge in [-0.3, -0.25) is 0 Å². The Balaban J connectivity index is 2.39. The summed E-state index contributed by atoms with van der Waals surface area (Å²) in [6, 6.07) is 3.86. The molecule has 15 heavy (non-hydrogen) atoms. The van der Waals surface area contributed by atoms with Crippen molar-refractivity contribution in [1.29, 1.82) is 0 Å². The molecule has 0 fully saturated rings. The molecule has 0 spiro atoms. The molecular weight excluding hydrogens is 206 g/mol. The summed E-state index contributed by atoms with van der Waals surface area (Å²) in [5.41, 5.74) is 0.763. The summed E-state index contributed by atoms with van der Waals surface area (Å²) in [6.07, 6.45) is 3.57. The van der Waals surface area contributed by atoms with E-state index < -0.39 is 0 Å². The molecule has 0 N–H and O–H groups in total. The monoisotopic (exact) mass is 219 g/mol. The molecule has 0 saturated carbocycles. The average molecular weight is 219 g/mol. The Morgan fingerprint density at radius 2 is 2.00 bits per heavy atom. The molecule has 0 aliphatic carbocycles. The predicted molar refractivity (Wildman–Crippen MR) is 62.9 cm³/mol. The third-order valence-electron chi connectivity index (χ3n) is 1.73. The Kier molecular flexibility index (Phi) is 2.61. The minimum atomic E-state index is 0.127. The van der Waals surface area contributed by atoms with E-state index in [4.69, 9.17) is 0 Å². The highest BCUT2D eigenvalue weighted by molar-refractivity contribution is 8.00. The topological polar surface area (TPSA) is 38.7 Å². The number of aromatic nitrogens is 3. The Labute approximate surface area is 93.4 Å². The smallest absolute Gasteiger partial charge is 0.190 e. The zero-order valence-corrected chi connectivity index (χ0v) is 9.88. The normalized spacial score (nSPS) is 11.9. The molecule has 2 aromatic rings. The van der Waals surface area contributed by atoms with E-state index >= 15 is 0 Å². The summed E-state index contributed by atoms with van der Waals surface area (Å²) < 4.78 is 0.127. The van der Waals surface area contributed by atoms with Crippen LogP contribution in [0.1, 0.15) is 20.8 Å². The number of rotatable bonds is 1. The summed E-state index contributed by atoms with van der Waals surface area (Å²) in [5, 5.41) is 1.77. The average Bonchev–Trinajstić information content (AvgIpc) is 2.15. The van der Waals surface area contributed by atoms with Crippen LogP contribution < -0.4 is 0 Å². The van der Waals surface area contributed by atoms with Crippen LogP contribution in [0.3, 0.4) is 0 Å². The second kappa shape index (κ2) is 3.77. The maximum absolute atomic E-state index is 4.40. The Hall–Kier alpha value is -1.16. The highest BCUT2D eigenvalue weighted by Crippen LogP contribution is 2.29. The number of pyridine rings is 1. The van der Waals surface area contributed by atoms with Crippen molar-refractivity contribution in [3.63, 3.8) is 0 Å². The standard InChI is InChI=1S/C11H13N3S/c1-11(2,3)15-10-13-7-8-5-4-6-12-9(8)14-10/h4-7H,1-3H3. The van der Waals surface area contributed by atoms with Gasteiger partial charge < -0.3 is 0 Å². The van der Waals surface area contributed by atoms with E-state index in [1.54, 1.807) is 18.0 Å². The molecule has 2 aromatic heterocycles. The van der Waals surface area contributed by atoms with E-state index in [1.165, 1.54) is 0 Å². The molecule has 0 unspecified atom stereocenters. The van der Waals surface area contributed by atoms with Crippen LogP contribution in [0, 0.1) is 0 Å². The Morgan fingerprint density at radius 1 is 1.20 bits per heavy atom. The fraction of sp³-hybridized carbons (Fsp3) is 0.364. The van der Waals surface area contributed by atoms with Gasteiger partial charge >= 0.3 is 0 Å². The van der Waals surface area contributed by atoms with E-state index in [2.05, 4.69) is 35.7 Å². The van der Waals surface area contributed by atoms with E-state index in [9.17, 15) is 0 Å². The molecule has 2 heterocycles. The first-order valence-electron chi connectivity index (χ1n) is 4.81. The molecule has 4 heteroatoms. The third-order valence-corrected chi connectivity index (χ3v) is 2.72. The first-order chi connectivity index (χ1) is 7.04. The highest BCUT2D eigenvalue weighted by Gasteiger charge is 2.14. The lowest BCUT2D eigenvalue weighted by molar-refractivity contribution is 0.793. The van der Waals surface area contributed by atoms with E-state index in [-0.39, 0.29) is 4.75 Å². The number of fused-ring (bicyclic) bond motifs is 1. The van der Waals surface area contributed by atoms with E-state index in [0.29, 0.717) is 0 Å². The summed E-state index contributed by atoms with van der Waals surface area (Å²) in [4.78, 5) is 12.9. The fourth-order valence-corrected chi connectivity index (χ4v) is 1.96. The second-order valence-electron chi connectivity index (χ2n) is 4.28. The zero-order valence-electron chi connectivity index (χ0n) is 9.06. The molecule has 0 amide bonds. The van der Waals surface area contributed by atoms with Gasteiger partial charge in [0.1, 0.15) is 0 Å². The molecule has 3 nitrogen and oxygen atoms in total. The van der Waals surface area contributed by atoms with Crippen molar-refractivity contribution in [3.8, 4) is 0 Å². The van der Waals surface area contributed by atoms with Crippen LogP contribution >= 0.6 is 11.8 Å². The molecule has 78 valence electrons. The van der Waals surface area contributed by atoms with Gasteiger partial charge in [-0.25, -0.2) is 15.0 Å². The van der Waals surface area contributed by atoms with E-state index in [1.807, 2.05) is 18.3 Å². The molecule has 0 atom stereocenters. The number of hydrogen-bond donors (Lipinski definition) is 0. The molecule has 0 bridgehead atoms. The van der Waals surface area contributed by atoms with Crippen LogP contribution in [-0.4, -0.2) is 19.7 Å². The van der Waals surface area contributed by atoms with Crippen LogP contribution in [0.4, 0.5) is 0 Å². The fourth-order valence-electron chi connectivity index (χ4n) is 1.17. The predicted octanol–water partition coefficient (Wildman–Crippen LogP) is 2.92. The molecule has 0 radical (unpaired) electrons. The van der Waals surface area contributed by atoms with Gasteiger partial charge in [0.25, 0.3) is 0 Å². The van der Waals surface area contributed by atoms with Crippen LogP contribution in [0.15, 0.2) is 29.7 Å². The second-order valence-corrected chi connectivity index (χ2v) is 6.08. The van der Waals surface area contributed by atoms with Gasteiger partial charge in [-0.05, 0) is 12.1 Å². The van der Waals surface area contributed by atoms with Crippen LogP contribution in [-0.2, 0) is 0 Å². The lowest BCUT2D eigenvalue weighted by Gasteiger charge is -2.15. The number of nitrogens with zero attached hydrogens (tertiary/aromatic N) is 3. The van der Waals surface area contributed by atoms with Crippen LogP contribution in [0.25, 0.3) is 11.0 Å². The zero-order chi connectivity index (χ0) is 10.9. The minimum absolute atomic E-state index is 0.127. The summed E-state index contributed by atoms with van der Waals surface area (Å²) >= 11 is 1.65. The van der Waals surface area contributed by atoms with Crippen molar-refractivity contribution < 1.29 is 0 Å². The van der Waals surface area contributed by atoms with Crippen molar-refractivity contribution in [2.45, 2.75) is 30.7 Å². The Bertz CT molecular complexity index is 476. The lowest BCUT2D eigenvalue weighted by Crippen LogP contribution is -2.08. The molecule has 0 saturated heterocycles. The first-order valence-corrected chi connectivity index (χ1v) is 5.63. The quantitative estimate of drug-likeness (QED) is 0.546. The number of thioether (sulfide) groups is 1. The first kappa shape index (κ1) is 10.4. The van der Waals surface area contributed by atoms with Crippen molar-refractivity contribution in [1.82, 2.24) is 15.0 Å². The SMILES string of the molecule is CC(C)(C)Sc1ncc2cccnc2n1. The maximum atomic E-state index is 4.40. The summed E-state index contributed by atoms with van der Waals surface area (Å²) in [5.74, 6) is 0. The third kappa shape index (κ3) is 2.65. The van der Waals surface area contributed by atoms with Gasteiger partial charge in [-0.15, -0.1) is 0 Å². The molecule has 0 aromatic carbocycles. The Morgan fingerprint density at radius 3 is 2.73 bits per heavy atom. The van der Waals surface area contributed by atoms with Gasteiger partial charge in [0.05, 0.1) is 0 Å². The molecule has 0 aliphatic rings. The minimum Gasteiger partial charge on any atom is -0.237 e. The van der Waals surface area contributed by atoms with Crippen molar-refractivity contribution in [2.75, 3.05) is 0 Å². The maximum Gasteiger partial charge on any atom is 0.190 e. The van der Waals surface area contributed by atoms with Crippen molar-refractivity contribution >= 4 is 22.8 Å². The molecule has 0 aliphatic heterocycles. The van der Waals surface area contributed by atoms with E-state index in [0.717, 1.165) is 16.2 Å². The number of hydrogen-bond acceptors (Lipinski definition) is 4. The molecule has 2 rings (SSSR count). The van der Waals surface area contributed by atoms with Crippen molar-refractivity contribution in [3.05, 3.63) is 24.5 Å². The van der Waals surface area contributed by atoms with Crippen molar-refractivity contribution in [2.24, 2.45) is 0 Å². The summed E-state index contributed by atoms with van der Waals surface area (Å²) in [6.45, 7) is 6.43. The summed E-state index contributed by atoms with van der Waals surface area (Å²) in [7, 11) is 0. The lowest BCUT2D eigenvalue weighted by atomic mass is 10.3. The van der Waals surface area contributed by atoms with Gasteiger partial charge in [-0.1, -0.05) is 32.5 Å². The van der Waals surface area contributed by atoms with Gasteiger partial charge in [0, 0.05) is 22.5 Å². The largest absolute Gasteiger partial charge is 0.237 e. The van der Waals surface area contributed by atoms with Gasteiger partial charge in [0.2, 0.25) is 0 Å². The highest BCUT2D eigenvalue weighted by atomic mass is 32.2. The van der Waals surface area contributed by atoms with Gasteiger partial charge in [0.15, 0.2) is 10.8 Å². The van der Waals surface area contributed by atoms with Crippen LogP contribution in [0.5, 0.6) is 0 Å². The molecular formula is C11H13N3S. The van der Waals surface area contributed by atoms with Crippen LogP contribution in [0.2, 0.25) is 0 Å². The van der Waals surface area contributed by atoms with Gasteiger partial charge in [-0.2, -0.15) is 0 Å².